The van der Waals surface area contributed by atoms with Crippen molar-refractivity contribution in [2.24, 2.45) is 5.41 Å². The van der Waals surface area contributed by atoms with Gasteiger partial charge in [-0.2, -0.15) is 0 Å². The molecule has 0 unspecified atom stereocenters. The van der Waals surface area contributed by atoms with E-state index in [9.17, 15) is 5.11 Å². The molecule has 0 amide bonds. The van der Waals surface area contributed by atoms with Crippen LogP contribution in [0.5, 0.6) is 0 Å². The highest BCUT2D eigenvalue weighted by molar-refractivity contribution is 6.30. The van der Waals surface area contributed by atoms with Gasteiger partial charge in [0.25, 0.3) is 0 Å². The quantitative estimate of drug-likeness (QED) is 0.677. The topological polar surface area (TPSA) is 20.2 Å². The maximum atomic E-state index is 9.97. The SMILES string of the molecule is CC1(C)Cc2ccc(Cl)cc2[C@@H]1O. The minimum atomic E-state index is -0.374. The Balaban J connectivity index is 2.51. The summed E-state index contributed by atoms with van der Waals surface area (Å²) in [5.41, 5.74) is 2.17. The summed E-state index contributed by atoms with van der Waals surface area (Å²) in [7, 11) is 0. The van der Waals surface area contributed by atoms with Gasteiger partial charge in [0, 0.05) is 5.02 Å². The standard InChI is InChI=1S/C11H13ClO/c1-11(2)6-7-3-4-8(12)5-9(7)10(11)13/h3-5,10,13H,6H2,1-2H3/t10-/m0/s1. The van der Waals surface area contributed by atoms with Gasteiger partial charge in [-0.05, 0) is 35.1 Å². The molecule has 0 saturated heterocycles. The number of benzene rings is 1. The van der Waals surface area contributed by atoms with Gasteiger partial charge in [0.1, 0.15) is 0 Å². The third-order valence-electron chi connectivity index (χ3n) is 2.79. The van der Waals surface area contributed by atoms with E-state index in [2.05, 4.69) is 13.8 Å². The van der Waals surface area contributed by atoms with E-state index in [1.165, 1.54) is 5.56 Å². The van der Waals surface area contributed by atoms with Crippen molar-refractivity contribution in [2.45, 2.75) is 26.4 Å². The smallest absolute Gasteiger partial charge is 0.0847 e. The van der Waals surface area contributed by atoms with Gasteiger partial charge in [-0.3, -0.25) is 0 Å². The second-order valence-electron chi connectivity index (χ2n) is 4.41. The van der Waals surface area contributed by atoms with Crippen molar-refractivity contribution in [1.82, 2.24) is 0 Å². The van der Waals surface area contributed by atoms with Gasteiger partial charge in [0.05, 0.1) is 6.10 Å². The van der Waals surface area contributed by atoms with Gasteiger partial charge in [0.2, 0.25) is 0 Å². The van der Waals surface area contributed by atoms with Crippen molar-refractivity contribution in [3.8, 4) is 0 Å². The molecule has 70 valence electrons. The Morgan fingerprint density at radius 3 is 2.85 bits per heavy atom. The zero-order chi connectivity index (χ0) is 9.64. The fraction of sp³-hybridized carbons (Fsp3) is 0.455. The molecule has 0 heterocycles. The summed E-state index contributed by atoms with van der Waals surface area (Å²) >= 11 is 5.87. The number of halogens is 1. The molecule has 1 aliphatic rings. The average Bonchev–Trinajstić information content (AvgIpc) is 2.26. The molecule has 0 fully saturated rings. The molecule has 1 aromatic rings. The lowest BCUT2D eigenvalue weighted by molar-refractivity contribution is 0.0666. The van der Waals surface area contributed by atoms with Crippen molar-refractivity contribution >= 4 is 11.6 Å². The fourth-order valence-corrected chi connectivity index (χ4v) is 2.17. The highest BCUT2D eigenvalue weighted by atomic mass is 35.5. The van der Waals surface area contributed by atoms with Gasteiger partial charge in [-0.1, -0.05) is 31.5 Å². The molecule has 0 aliphatic heterocycles. The Kier molecular flexibility index (Phi) is 1.90. The highest BCUT2D eigenvalue weighted by Crippen LogP contribution is 2.45. The second kappa shape index (κ2) is 2.73. The van der Waals surface area contributed by atoms with Crippen LogP contribution in [0.2, 0.25) is 5.02 Å². The molecule has 0 saturated carbocycles. The van der Waals surface area contributed by atoms with Gasteiger partial charge in [-0.25, -0.2) is 0 Å². The normalized spacial score (nSPS) is 24.5. The van der Waals surface area contributed by atoms with Crippen molar-refractivity contribution < 1.29 is 5.11 Å². The largest absolute Gasteiger partial charge is 0.388 e. The zero-order valence-corrected chi connectivity index (χ0v) is 8.60. The van der Waals surface area contributed by atoms with Crippen LogP contribution in [0.15, 0.2) is 18.2 Å². The first kappa shape index (κ1) is 9.04. The van der Waals surface area contributed by atoms with E-state index in [0.717, 1.165) is 12.0 Å². The summed E-state index contributed by atoms with van der Waals surface area (Å²) in [5, 5.41) is 10.7. The summed E-state index contributed by atoms with van der Waals surface area (Å²) < 4.78 is 0. The lowest BCUT2D eigenvalue weighted by atomic mass is 9.88. The summed E-state index contributed by atoms with van der Waals surface area (Å²) in [6.07, 6.45) is 0.557. The summed E-state index contributed by atoms with van der Waals surface area (Å²) in [4.78, 5) is 0. The number of aliphatic hydroxyl groups excluding tert-OH is 1. The molecule has 1 aliphatic carbocycles. The number of hydrogen-bond donors (Lipinski definition) is 1. The third kappa shape index (κ3) is 1.36. The molecule has 0 aromatic heterocycles. The Morgan fingerprint density at radius 1 is 1.46 bits per heavy atom. The van der Waals surface area contributed by atoms with Crippen molar-refractivity contribution in [1.29, 1.82) is 0 Å². The van der Waals surface area contributed by atoms with E-state index in [-0.39, 0.29) is 11.5 Å². The van der Waals surface area contributed by atoms with Gasteiger partial charge >= 0.3 is 0 Å². The summed E-state index contributed by atoms with van der Waals surface area (Å²) in [6, 6.07) is 5.76. The molecule has 13 heavy (non-hydrogen) atoms. The minimum absolute atomic E-state index is 0.0486. The van der Waals surface area contributed by atoms with Crippen LogP contribution in [0.3, 0.4) is 0 Å². The maximum absolute atomic E-state index is 9.97. The van der Waals surface area contributed by atoms with Crippen LogP contribution >= 0.6 is 11.6 Å². The lowest BCUT2D eigenvalue weighted by Gasteiger charge is -2.22. The van der Waals surface area contributed by atoms with E-state index >= 15 is 0 Å². The Bertz CT molecular complexity index is 344. The first-order chi connectivity index (χ1) is 6.00. The molecule has 1 nitrogen and oxygen atoms in total. The average molecular weight is 197 g/mol. The molecule has 2 heteroatoms. The minimum Gasteiger partial charge on any atom is -0.388 e. The number of aliphatic hydroxyl groups is 1. The molecule has 2 rings (SSSR count). The first-order valence-electron chi connectivity index (χ1n) is 4.47. The molecule has 1 atom stereocenters. The summed E-state index contributed by atoms with van der Waals surface area (Å²) in [5.74, 6) is 0. The Hall–Kier alpha value is -0.530. The van der Waals surface area contributed by atoms with E-state index in [0.29, 0.717) is 5.02 Å². The van der Waals surface area contributed by atoms with Gasteiger partial charge in [0.15, 0.2) is 0 Å². The number of hydrogen-bond acceptors (Lipinski definition) is 1. The zero-order valence-electron chi connectivity index (χ0n) is 7.84. The van der Waals surface area contributed by atoms with Crippen LogP contribution in [0.4, 0.5) is 0 Å². The van der Waals surface area contributed by atoms with Crippen molar-refractivity contribution in [2.75, 3.05) is 0 Å². The molecule has 0 spiro atoms. The molecule has 0 radical (unpaired) electrons. The second-order valence-corrected chi connectivity index (χ2v) is 4.85. The third-order valence-corrected chi connectivity index (χ3v) is 3.02. The van der Waals surface area contributed by atoms with Crippen LogP contribution < -0.4 is 0 Å². The van der Waals surface area contributed by atoms with Gasteiger partial charge in [-0.15, -0.1) is 0 Å². The van der Waals surface area contributed by atoms with Crippen molar-refractivity contribution in [3.05, 3.63) is 34.3 Å². The van der Waals surface area contributed by atoms with E-state index in [1.54, 1.807) is 0 Å². The van der Waals surface area contributed by atoms with Crippen LogP contribution in [0.25, 0.3) is 0 Å². The van der Waals surface area contributed by atoms with E-state index in [4.69, 9.17) is 11.6 Å². The molecule has 0 bridgehead atoms. The predicted molar refractivity (Wildman–Crippen MR) is 53.9 cm³/mol. The molecular weight excluding hydrogens is 184 g/mol. The van der Waals surface area contributed by atoms with Crippen LogP contribution in [0.1, 0.15) is 31.1 Å². The monoisotopic (exact) mass is 196 g/mol. The Labute approximate surface area is 83.3 Å². The summed E-state index contributed by atoms with van der Waals surface area (Å²) in [6.45, 7) is 4.15. The predicted octanol–water partition coefficient (Wildman–Crippen LogP) is 2.96. The van der Waals surface area contributed by atoms with Crippen LogP contribution in [-0.2, 0) is 6.42 Å². The van der Waals surface area contributed by atoms with E-state index < -0.39 is 0 Å². The molecule has 1 aromatic carbocycles. The Morgan fingerprint density at radius 2 is 2.15 bits per heavy atom. The number of rotatable bonds is 0. The molecule has 1 N–H and O–H groups in total. The van der Waals surface area contributed by atoms with Gasteiger partial charge < -0.3 is 5.11 Å². The fourth-order valence-electron chi connectivity index (χ4n) is 1.99. The first-order valence-corrected chi connectivity index (χ1v) is 4.85. The van der Waals surface area contributed by atoms with Crippen LogP contribution in [-0.4, -0.2) is 5.11 Å². The lowest BCUT2D eigenvalue weighted by Crippen LogP contribution is -2.16. The molecular formula is C11H13ClO. The number of fused-ring (bicyclic) bond motifs is 1. The van der Waals surface area contributed by atoms with E-state index in [1.807, 2.05) is 18.2 Å². The maximum Gasteiger partial charge on any atom is 0.0847 e. The highest BCUT2D eigenvalue weighted by Gasteiger charge is 2.37. The van der Waals surface area contributed by atoms with Crippen molar-refractivity contribution in [3.63, 3.8) is 0 Å². The van der Waals surface area contributed by atoms with Crippen LogP contribution in [0, 0.1) is 5.41 Å².